The van der Waals surface area contributed by atoms with Crippen LogP contribution in [0.15, 0.2) is 12.3 Å². The summed E-state index contributed by atoms with van der Waals surface area (Å²) in [5.41, 5.74) is 1.19. The van der Waals surface area contributed by atoms with Crippen molar-refractivity contribution in [2.45, 2.75) is 44.9 Å². The molecule has 0 aliphatic heterocycles. The maximum atomic E-state index is 6.47. The van der Waals surface area contributed by atoms with E-state index in [4.69, 9.17) is 11.6 Å². The molecule has 2 nitrogen and oxygen atoms in total. The number of rotatable bonds is 3. The molecule has 0 bridgehead atoms. The lowest BCUT2D eigenvalue weighted by atomic mass is 9.74. The molecule has 2 rings (SSSR count). The van der Waals surface area contributed by atoms with Gasteiger partial charge in [-0.15, -0.1) is 11.6 Å². The summed E-state index contributed by atoms with van der Waals surface area (Å²) in [6, 6.07) is 2.11. The predicted molar refractivity (Wildman–Crippen MR) is 72.2 cm³/mol. The largest absolute Gasteiger partial charge is 0.276 e. The Kier molecular flexibility index (Phi) is 4.13. The first-order chi connectivity index (χ1) is 8.06. The molecule has 1 saturated carbocycles. The lowest BCUT2D eigenvalue weighted by Crippen LogP contribution is -2.29. The Hall–Kier alpha value is -0.500. The minimum atomic E-state index is 0.340. The van der Waals surface area contributed by atoms with Gasteiger partial charge in [0, 0.05) is 18.6 Å². The predicted octanol–water partition coefficient (Wildman–Crippen LogP) is 3.64. The fraction of sp³-hybridized carbons (Fsp3) is 0.786. The molecule has 17 heavy (non-hydrogen) atoms. The third-order valence-electron chi connectivity index (χ3n) is 4.11. The van der Waals surface area contributed by atoms with Gasteiger partial charge in [0.15, 0.2) is 0 Å². The monoisotopic (exact) mass is 254 g/mol. The van der Waals surface area contributed by atoms with Crippen LogP contribution in [0.2, 0.25) is 0 Å². The van der Waals surface area contributed by atoms with Gasteiger partial charge in [-0.1, -0.05) is 13.8 Å². The summed E-state index contributed by atoms with van der Waals surface area (Å²) in [7, 11) is 1.97. The second-order valence-corrected chi connectivity index (χ2v) is 6.34. The number of halogens is 1. The third kappa shape index (κ3) is 3.25. The fourth-order valence-electron chi connectivity index (χ4n) is 2.92. The van der Waals surface area contributed by atoms with Crippen molar-refractivity contribution in [3.63, 3.8) is 0 Å². The Bertz CT molecular complexity index is 359. The summed E-state index contributed by atoms with van der Waals surface area (Å²) >= 11 is 6.47. The number of alkyl halides is 1. The fourth-order valence-corrected chi connectivity index (χ4v) is 3.24. The minimum Gasteiger partial charge on any atom is -0.276 e. The maximum absolute atomic E-state index is 6.47. The van der Waals surface area contributed by atoms with Crippen LogP contribution in [0.25, 0.3) is 0 Å². The normalized spacial score (nSPS) is 29.8. The highest BCUT2D eigenvalue weighted by atomic mass is 35.5. The third-order valence-corrected chi connectivity index (χ3v) is 4.69. The van der Waals surface area contributed by atoms with Crippen molar-refractivity contribution in [3.8, 4) is 0 Å². The quantitative estimate of drug-likeness (QED) is 0.753. The number of hydrogen-bond donors (Lipinski definition) is 0. The van der Waals surface area contributed by atoms with Crippen LogP contribution in [0, 0.1) is 17.8 Å². The first kappa shape index (κ1) is 12.9. The van der Waals surface area contributed by atoms with Crippen LogP contribution >= 0.6 is 11.6 Å². The Labute approximate surface area is 109 Å². The number of aryl methyl sites for hydroxylation is 1. The van der Waals surface area contributed by atoms with Crippen molar-refractivity contribution in [1.29, 1.82) is 0 Å². The SMILES string of the molecule is CC(C)C1CCC(Cl)C(Cc2ccn(C)n2)C1. The van der Waals surface area contributed by atoms with E-state index in [9.17, 15) is 0 Å². The highest BCUT2D eigenvalue weighted by Gasteiger charge is 2.30. The van der Waals surface area contributed by atoms with Gasteiger partial charge < -0.3 is 0 Å². The van der Waals surface area contributed by atoms with Crippen LogP contribution in [0.1, 0.15) is 38.8 Å². The Morgan fingerprint density at radius 2 is 2.24 bits per heavy atom. The highest BCUT2D eigenvalue weighted by molar-refractivity contribution is 6.20. The van der Waals surface area contributed by atoms with Gasteiger partial charge in [-0.25, -0.2) is 0 Å². The minimum absolute atomic E-state index is 0.340. The molecule has 0 N–H and O–H groups in total. The van der Waals surface area contributed by atoms with Crippen LogP contribution < -0.4 is 0 Å². The van der Waals surface area contributed by atoms with E-state index in [1.807, 2.05) is 17.9 Å². The molecule has 0 amide bonds. The van der Waals surface area contributed by atoms with E-state index in [-0.39, 0.29) is 0 Å². The molecule has 3 atom stereocenters. The highest BCUT2D eigenvalue weighted by Crippen LogP contribution is 2.37. The van der Waals surface area contributed by atoms with Gasteiger partial charge in [0.25, 0.3) is 0 Å². The molecule has 1 heterocycles. The summed E-state index contributed by atoms with van der Waals surface area (Å²) in [4.78, 5) is 0. The summed E-state index contributed by atoms with van der Waals surface area (Å²) in [6.45, 7) is 4.66. The summed E-state index contributed by atoms with van der Waals surface area (Å²) < 4.78 is 1.88. The Morgan fingerprint density at radius 3 is 2.82 bits per heavy atom. The molecule has 0 aromatic carbocycles. The van der Waals surface area contributed by atoms with Crippen molar-refractivity contribution < 1.29 is 0 Å². The van der Waals surface area contributed by atoms with Gasteiger partial charge in [0.2, 0.25) is 0 Å². The van der Waals surface area contributed by atoms with Crippen LogP contribution in [0.3, 0.4) is 0 Å². The van der Waals surface area contributed by atoms with E-state index in [1.165, 1.54) is 25.0 Å². The molecule has 1 aromatic heterocycles. The first-order valence-corrected chi connectivity index (χ1v) is 7.12. The Balaban J connectivity index is 1.98. The van der Waals surface area contributed by atoms with E-state index in [0.29, 0.717) is 11.3 Å². The molecule has 0 saturated heterocycles. The molecule has 1 fully saturated rings. The van der Waals surface area contributed by atoms with Crippen LogP contribution in [0.4, 0.5) is 0 Å². The maximum Gasteiger partial charge on any atom is 0.0627 e. The van der Waals surface area contributed by atoms with Crippen LogP contribution in [-0.4, -0.2) is 15.2 Å². The van der Waals surface area contributed by atoms with Crippen molar-refractivity contribution >= 4 is 11.6 Å². The van der Waals surface area contributed by atoms with Crippen molar-refractivity contribution in [2.24, 2.45) is 24.8 Å². The number of nitrogens with zero attached hydrogens (tertiary/aromatic N) is 2. The second kappa shape index (κ2) is 5.43. The topological polar surface area (TPSA) is 17.8 Å². The lowest BCUT2D eigenvalue weighted by Gasteiger charge is -2.34. The molecule has 0 spiro atoms. The van der Waals surface area contributed by atoms with Gasteiger partial charge in [-0.3, -0.25) is 4.68 Å². The molecule has 96 valence electrons. The molecule has 1 aromatic rings. The molecule has 1 aliphatic carbocycles. The van der Waals surface area contributed by atoms with Crippen molar-refractivity contribution in [2.75, 3.05) is 0 Å². The zero-order valence-electron chi connectivity index (χ0n) is 11.1. The van der Waals surface area contributed by atoms with Gasteiger partial charge in [-0.2, -0.15) is 5.10 Å². The van der Waals surface area contributed by atoms with E-state index in [0.717, 1.165) is 18.3 Å². The molecule has 3 unspecified atom stereocenters. The van der Waals surface area contributed by atoms with Crippen molar-refractivity contribution in [3.05, 3.63) is 18.0 Å². The summed E-state index contributed by atoms with van der Waals surface area (Å²) in [5.74, 6) is 2.23. The van der Waals surface area contributed by atoms with E-state index in [1.54, 1.807) is 0 Å². The first-order valence-electron chi connectivity index (χ1n) is 6.69. The van der Waals surface area contributed by atoms with E-state index >= 15 is 0 Å². The second-order valence-electron chi connectivity index (χ2n) is 5.78. The average molecular weight is 255 g/mol. The summed E-state index contributed by atoms with van der Waals surface area (Å²) in [6.07, 6.45) is 6.79. The standard InChI is InChI=1S/C14H23ClN2/c1-10(2)11-4-5-14(15)12(8-11)9-13-6-7-17(3)16-13/h6-7,10-12,14H,4-5,8-9H2,1-3H3. The smallest absolute Gasteiger partial charge is 0.0627 e. The average Bonchev–Trinajstić information content (AvgIpc) is 2.67. The van der Waals surface area contributed by atoms with Crippen LogP contribution in [-0.2, 0) is 13.5 Å². The lowest BCUT2D eigenvalue weighted by molar-refractivity contribution is 0.217. The van der Waals surface area contributed by atoms with Gasteiger partial charge in [0.1, 0.15) is 0 Å². The van der Waals surface area contributed by atoms with Gasteiger partial charge >= 0.3 is 0 Å². The Morgan fingerprint density at radius 1 is 1.47 bits per heavy atom. The summed E-state index contributed by atoms with van der Waals surface area (Å²) in [5, 5.41) is 4.81. The molecular weight excluding hydrogens is 232 g/mol. The van der Waals surface area contributed by atoms with Gasteiger partial charge in [0.05, 0.1) is 5.69 Å². The van der Waals surface area contributed by atoms with Crippen LogP contribution in [0.5, 0.6) is 0 Å². The van der Waals surface area contributed by atoms with E-state index < -0.39 is 0 Å². The van der Waals surface area contributed by atoms with E-state index in [2.05, 4.69) is 25.0 Å². The molecule has 0 radical (unpaired) electrons. The molecule has 3 heteroatoms. The number of hydrogen-bond acceptors (Lipinski definition) is 1. The van der Waals surface area contributed by atoms with Gasteiger partial charge in [-0.05, 0) is 49.5 Å². The molecule has 1 aliphatic rings. The molecular formula is C14H23ClN2. The zero-order chi connectivity index (χ0) is 12.4. The van der Waals surface area contributed by atoms with Crippen molar-refractivity contribution in [1.82, 2.24) is 9.78 Å². The number of aromatic nitrogens is 2. The zero-order valence-corrected chi connectivity index (χ0v) is 11.8.